The van der Waals surface area contributed by atoms with Crippen molar-refractivity contribution in [3.05, 3.63) is 30.0 Å². The number of benzene rings is 1. The van der Waals surface area contributed by atoms with Crippen molar-refractivity contribution in [1.82, 2.24) is 10.4 Å². The average molecular weight is 512 g/mol. The smallest absolute Gasteiger partial charge is 0.433 e. The van der Waals surface area contributed by atoms with Gasteiger partial charge in [0.15, 0.2) is 0 Å². The summed E-state index contributed by atoms with van der Waals surface area (Å²) in [5.41, 5.74) is 3.80. The van der Waals surface area contributed by atoms with Gasteiger partial charge in [-0.1, -0.05) is 87.8 Å². The van der Waals surface area contributed by atoms with Gasteiger partial charge in [-0.25, -0.2) is 15.0 Å². The number of carbonyl (C=O) groups is 2. The molecular formula is C15H13Cl6N3O4. The first kappa shape index (κ1) is 23.3. The number of H-pyrrole nitrogens is 1. The lowest BCUT2D eigenvalue weighted by Crippen LogP contribution is -2.48. The van der Waals surface area contributed by atoms with Gasteiger partial charge in [0.05, 0.1) is 5.69 Å². The average Bonchev–Trinajstić information content (AvgIpc) is 2.90. The van der Waals surface area contributed by atoms with Gasteiger partial charge in [-0.15, -0.1) is 0 Å². The van der Waals surface area contributed by atoms with Gasteiger partial charge in [0, 0.05) is 16.6 Å². The van der Waals surface area contributed by atoms with Crippen LogP contribution in [-0.4, -0.2) is 38.0 Å². The summed E-state index contributed by atoms with van der Waals surface area (Å²) < 4.78 is 6.10. The molecule has 28 heavy (non-hydrogen) atoms. The maximum Gasteiger partial charge on any atom is 0.433 e. The molecule has 2 aromatic rings. The molecule has 0 aliphatic heterocycles. The van der Waals surface area contributed by atoms with Crippen molar-refractivity contribution in [1.29, 1.82) is 0 Å². The van der Waals surface area contributed by atoms with Gasteiger partial charge in [-0.3, -0.25) is 0 Å². The number of anilines is 1. The third-order valence-corrected chi connectivity index (χ3v) is 3.85. The van der Waals surface area contributed by atoms with E-state index in [1.807, 2.05) is 0 Å². The number of ether oxygens (including phenoxy) is 2. The number of para-hydroxylation sites is 1. The minimum Gasteiger partial charge on any atom is -0.444 e. The van der Waals surface area contributed by atoms with Crippen LogP contribution in [0.25, 0.3) is 10.9 Å². The van der Waals surface area contributed by atoms with Gasteiger partial charge >= 0.3 is 12.2 Å². The first-order chi connectivity index (χ1) is 12.9. The third kappa shape index (κ3) is 6.83. The van der Waals surface area contributed by atoms with Crippen molar-refractivity contribution in [2.45, 2.75) is 14.5 Å². The topological polar surface area (TPSA) is 83.7 Å². The minimum atomic E-state index is -1.84. The van der Waals surface area contributed by atoms with E-state index in [-0.39, 0.29) is 0 Å². The highest BCUT2D eigenvalue weighted by molar-refractivity contribution is 6.68. The van der Waals surface area contributed by atoms with Crippen LogP contribution in [0.4, 0.5) is 15.3 Å². The quantitative estimate of drug-likeness (QED) is 0.403. The molecule has 0 bridgehead atoms. The van der Waals surface area contributed by atoms with E-state index in [2.05, 4.69) is 10.4 Å². The highest BCUT2D eigenvalue weighted by atomic mass is 35.6. The molecule has 0 fully saturated rings. The number of aryl methyl sites for hydroxylation is 1. The first-order valence-corrected chi connectivity index (χ1v) is 9.75. The summed E-state index contributed by atoms with van der Waals surface area (Å²) in [5.74, 6) is 0. The van der Waals surface area contributed by atoms with Crippen molar-refractivity contribution in [2.75, 3.05) is 18.2 Å². The first-order valence-electron chi connectivity index (χ1n) is 7.48. The minimum absolute atomic E-state index is 0.302. The molecule has 1 heterocycles. The molecule has 13 heteroatoms. The molecule has 0 unspecified atom stereocenters. The summed E-state index contributed by atoms with van der Waals surface area (Å²) >= 11 is 33.5. The summed E-state index contributed by atoms with van der Waals surface area (Å²) in [5, 5.41) is 1.43. The standard InChI is InChI=1S/C15H13Cl6N3O4/c1-8-11(9-4-2-3-5-10(9)22-8)24(13(26)28-7-15(19,20)21)23-12(25)27-6-14(16,17)18/h2-5,22H,6-7H2,1H3,(H,23,25). The molecule has 7 nitrogen and oxygen atoms in total. The molecule has 0 saturated heterocycles. The molecular weight excluding hydrogens is 499 g/mol. The Morgan fingerprint density at radius 2 is 1.61 bits per heavy atom. The second kappa shape index (κ2) is 9.24. The van der Waals surface area contributed by atoms with Crippen LogP contribution >= 0.6 is 69.6 Å². The van der Waals surface area contributed by atoms with Crippen molar-refractivity contribution in [2.24, 2.45) is 0 Å². The fourth-order valence-electron chi connectivity index (χ4n) is 2.22. The van der Waals surface area contributed by atoms with Crippen LogP contribution in [0.5, 0.6) is 0 Å². The molecule has 2 rings (SSSR count). The highest BCUT2D eigenvalue weighted by Gasteiger charge is 2.30. The summed E-state index contributed by atoms with van der Waals surface area (Å²) in [6, 6.07) is 7.08. The van der Waals surface area contributed by atoms with Gasteiger partial charge in [0.25, 0.3) is 0 Å². The number of alkyl halides is 6. The zero-order valence-electron chi connectivity index (χ0n) is 14.1. The van der Waals surface area contributed by atoms with Crippen LogP contribution in [-0.2, 0) is 9.47 Å². The maximum absolute atomic E-state index is 12.6. The Morgan fingerprint density at radius 3 is 2.21 bits per heavy atom. The number of fused-ring (bicyclic) bond motifs is 1. The largest absolute Gasteiger partial charge is 0.444 e. The van der Waals surface area contributed by atoms with Gasteiger partial charge in [0.2, 0.25) is 7.59 Å². The Kier molecular flexibility index (Phi) is 7.69. The van der Waals surface area contributed by atoms with E-state index < -0.39 is 33.0 Å². The summed E-state index contributed by atoms with van der Waals surface area (Å²) in [4.78, 5) is 27.8. The van der Waals surface area contributed by atoms with E-state index in [9.17, 15) is 9.59 Å². The number of hydrogen-bond acceptors (Lipinski definition) is 4. The van der Waals surface area contributed by atoms with Crippen molar-refractivity contribution < 1.29 is 19.1 Å². The van der Waals surface area contributed by atoms with Gasteiger partial charge < -0.3 is 14.5 Å². The number of carbonyl (C=O) groups excluding carboxylic acids is 2. The predicted molar refractivity (Wildman–Crippen MR) is 112 cm³/mol. The van der Waals surface area contributed by atoms with E-state index in [0.29, 0.717) is 22.3 Å². The van der Waals surface area contributed by atoms with E-state index in [1.54, 1.807) is 31.2 Å². The number of hydrazine groups is 1. The lowest BCUT2D eigenvalue weighted by atomic mass is 10.2. The van der Waals surface area contributed by atoms with Crippen LogP contribution < -0.4 is 10.4 Å². The van der Waals surface area contributed by atoms with Crippen molar-refractivity contribution >= 4 is 98.4 Å². The molecule has 0 spiro atoms. The monoisotopic (exact) mass is 509 g/mol. The fraction of sp³-hybridized carbons (Fsp3) is 0.333. The molecule has 154 valence electrons. The SMILES string of the molecule is Cc1[nH]c2ccccc2c1N(NC(=O)OCC(Cl)(Cl)Cl)C(=O)OCC(Cl)(Cl)Cl. The highest BCUT2D eigenvalue weighted by Crippen LogP contribution is 2.31. The zero-order chi connectivity index (χ0) is 21.1. The Labute approximate surface area is 190 Å². The van der Waals surface area contributed by atoms with E-state index in [4.69, 9.17) is 79.1 Å². The molecule has 0 atom stereocenters. The summed E-state index contributed by atoms with van der Waals surface area (Å²) in [7, 11) is 0. The Balaban J connectivity index is 2.31. The Hall–Kier alpha value is -0.960. The number of amides is 2. The third-order valence-electron chi connectivity index (χ3n) is 3.20. The molecule has 0 radical (unpaired) electrons. The van der Waals surface area contributed by atoms with Crippen LogP contribution in [0.15, 0.2) is 24.3 Å². The van der Waals surface area contributed by atoms with Crippen molar-refractivity contribution in [3.63, 3.8) is 0 Å². The van der Waals surface area contributed by atoms with Gasteiger partial charge in [-0.2, -0.15) is 5.01 Å². The number of rotatable bonds is 3. The summed E-state index contributed by atoms with van der Waals surface area (Å²) in [6.07, 6.45) is -2.09. The lowest BCUT2D eigenvalue weighted by molar-refractivity contribution is 0.135. The molecule has 1 aromatic carbocycles. The second-order valence-electron chi connectivity index (χ2n) is 5.45. The normalized spacial score (nSPS) is 12.0. The molecule has 0 saturated carbocycles. The maximum atomic E-state index is 12.6. The lowest BCUT2D eigenvalue weighted by Gasteiger charge is -2.24. The number of halogens is 6. The van der Waals surface area contributed by atoms with Crippen LogP contribution in [0.2, 0.25) is 0 Å². The van der Waals surface area contributed by atoms with Crippen LogP contribution in [0.3, 0.4) is 0 Å². The molecule has 2 amide bonds. The van der Waals surface area contributed by atoms with E-state index >= 15 is 0 Å². The van der Waals surface area contributed by atoms with E-state index in [1.165, 1.54) is 0 Å². The predicted octanol–water partition coefficient (Wildman–Crippen LogP) is 5.80. The summed E-state index contributed by atoms with van der Waals surface area (Å²) in [6.45, 7) is 0.589. The van der Waals surface area contributed by atoms with Gasteiger partial charge in [-0.05, 0) is 13.0 Å². The van der Waals surface area contributed by atoms with Crippen molar-refractivity contribution in [3.8, 4) is 0 Å². The zero-order valence-corrected chi connectivity index (χ0v) is 18.6. The molecule has 0 aliphatic rings. The van der Waals surface area contributed by atoms with E-state index in [0.717, 1.165) is 5.01 Å². The molecule has 1 aromatic heterocycles. The number of nitrogens with one attached hydrogen (secondary N) is 2. The van der Waals surface area contributed by atoms with Crippen LogP contribution in [0, 0.1) is 6.92 Å². The van der Waals surface area contributed by atoms with Crippen LogP contribution in [0.1, 0.15) is 5.69 Å². The number of hydrogen-bond donors (Lipinski definition) is 2. The molecule has 2 N–H and O–H groups in total. The fourth-order valence-corrected chi connectivity index (χ4v) is 2.55. The van der Waals surface area contributed by atoms with Gasteiger partial charge in [0.1, 0.15) is 13.2 Å². The number of aromatic nitrogens is 1. The Morgan fingerprint density at radius 1 is 1.04 bits per heavy atom. The Bertz CT molecular complexity index is 862. The number of nitrogens with zero attached hydrogens (tertiary/aromatic N) is 1. The molecule has 0 aliphatic carbocycles. The number of aromatic amines is 1. The second-order valence-corrected chi connectivity index (χ2v) is 10.5.